The molecule has 7 heteroatoms. The molecule has 2 aromatic heterocycles. The largest absolute Gasteiger partial charge is 0.459 e. The van der Waals surface area contributed by atoms with Crippen LogP contribution in [0.15, 0.2) is 34.9 Å². The number of carbonyl (C=O) groups excluding carboxylic acids is 2. The number of hydrogen-bond donors (Lipinski definition) is 3. The molecular formula is C16H20N2O4S. The van der Waals surface area contributed by atoms with E-state index in [0.29, 0.717) is 22.2 Å². The van der Waals surface area contributed by atoms with Gasteiger partial charge < -0.3 is 20.2 Å². The highest BCUT2D eigenvalue weighted by molar-refractivity contribution is 7.18. The minimum Gasteiger partial charge on any atom is -0.459 e. The van der Waals surface area contributed by atoms with E-state index >= 15 is 0 Å². The zero-order valence-corrected chi connectivity index (χ0v) is 13.9. The third-order valence-electron chi connectivity index (χ3n) is 3.05. The maximum absolute atomic E-state index is 12.0. The van der Waals surface area contributed by atoms with E-state index in [1.165, 1.54) is 6.26 Å². The summed E-state index contributed by atoms with van der Waals surface area (Å²) in [7, 11) is 0. The van der Waals surface area contributed by atoms with Gasteiger partial charge in [0.25, 0.3) is 11.8 Å². The summed E-state index contributed by atoms with van der Waals surface area (Å²) in [4.78, 5) is 24.3. The summed E-state index contributed by atoms with van der Waals surface area (Å²) < 4.78 is 5.00. The van der Waals surface area contributed by atoms with Crippen LogP contribution in [-0.4, -0.2) is 29.6 Å². The minimum absolute atomic E-state index is 0.209. The first-order chi connectivity index (χ1) is 11.0. The Morgan fingerprint density at radius 3 is 2.70 bits per heavy atom. The maximum atomic E-state index is 12.0. The van der Waals surface area contributed by atoms with Gasteiger partial charge in [0.05, 0.1) is 22.2 Å². The van der Waals surface area contributed by atoms with Crippen molar-refractivity contribution in [3.63, 3.8) is 0 Å². The lowest BCUT2D eigenvalue weighted by molar-refractivity contribution is 0.0904. The van der Waals surface area contributed by atoms with Crippen molar-refractivity contribution in [1.29, 1.82) is 0 Å². The average molecular weight is 336 g/mol. The Morgan fingerprint density at radius 1 is 1.26 bits per heavy atom. The molecule has 1 unspecified atom stereocenters. The summed E-state index contributed by atoms with van der Waals surface area (Å²) in [6, 6.07) is 6.48. The normalized spacial score (nSPS) is 12.2. The van der Waals surface area contributed by atoms with E-state index in [0.717, 1.165) is 11.3 Å². The van der Waals surface area contributed by atoms with E-state index < -0.39 is 6.10 Å². The van der Waals surface area contributed by atoms with Crippen LogP contribution in [0, 0.1) is 5.92 Å². The third-order valence-corrected chi connectivity index (χ3v) is 4.05. The Hall–Kier alpha value is -2.12. The molecule has 124 valence electrons. The molecule has 0 aliphatic heterocycles. The molecule has 0 radical (unpaired) electrons. The molecule has 0 aliphatic carbocycles. The second-order valence-corrected chi connectivity index (χ2v) is 6.67. The van der Waals surface area contributed by atoms with Crippen molar-refractivity contribution in [2.24, 2.45) is 5.92 Å². The molecule has 0 fully saturated rings. The van der Waals surface area contributed by atoms with Crippen LogP contribution >= 0.6 is 11.3 Å². The van der Waals surface area contributed by atoms with E-state index in [1.54, 1.807) is 24.3 Å². The van der Waals surface area contributed by atoms with Crippen LogP contribution in [0.5, 0.6) is 0 Å². The maximum Gasteiger partial charge on any atom is 0.291 e. The van der Waals surface area contributed by atoms with E-state index in [9.17, 15) is 14.7 Å². The topological polar surface area (TPSA) is 91.6 Å². The number of aliphatic hydroxyl groups excluding tert-OH is 1. The fraction of sp³-hybridized carbons (Fsp3) is 0.375. The Balaban J connectivity index is 1.86. The first kappa shape index (κ1) is 17.2. The molecule has 0 aliphatic rings. The van der Waals surface area contributed by atoms with Crippen molar-refractivity contribution in [2.75, 3.05) is 11.9 Å². The number of aliphatic hydroxyl groups is 1. The standard InChI is InChI=1S/C16H20N2O4S/c1-10(2)8-11(19)9-17-16(21)13-5-6-14(23-13)18-15(20)12-4-3-7-22-12/h3-7,10-11,19H,8-9H2,1-2H3,(H,17,21)(H,18,20). The van der Waals surface area contributed by atoms with E-state index in [-0.39, 0.29) is 24.1 Å². The predicted molar refractivity (Wildman–Crippen MR) is 88.8 cm³/mol. The van der Waals surface area contributed by atoms with Gasteiger partial charge in [-0.25, -0.2) is 0 Å². The van der Waals surface area contributed by atoms with Gasteiger partial charge in [0, 0.05) is 6.54 Å². The quantitative estimate of drug-likeness (QED) is 0.725. The lowest BCUT2D eigenvalue weighted by Gasteiger charge is -2.13. The smallest absolute Gasteiger partial charge is 0.291 e. The Labute approximate surface area is 138 Å². The summed E-state index contributed by atoms with van der Waals surface area (Å²) in [5.74, 6) is -0.0549. The van der Waals surface area contributed by atoms with Crippen molar-refractivity contribution >= 4 is 28.2 Å². The van der Waals surface area contributed by atoms with Crippen molar-refractivity contribution in [3.05, 3.63) is 41.2 Å². The van der Waals surface area contributed by atoms with Crippen molar-refractivity contribution in [1.82, 2.24) is 5.32 Å². The van der Waals surface area contributed by atoms with Gasteiger partial charge in [-0.3, -0.25) is 9.59 Å². The lowest BCUT2D eigenvalue weighted by Crippen LogP contribution is -2.32. The predicted octanol–water partition coefficient (Wildman–Crippen LogP) is 2.73. The van der Waals surface area contributed by atoms with Crippen LogP contribution in [0.3, 0.4) is 0 Å². The van der Waals surface area contributed by atoms with Crippen LogP contribution < -0.4 is 10.6 Å². The molecule has 0 saturated carbocycles. The number of anilines is 1. The van der Waals surface area contributed by atoms with Crippen LogP contribution in [-0.2, 0) is 0 Å². The molecule has 1 atom stereocenters. The second kappa shape index (κ2) is 7.94. The highest BCUT2D eigenvalue weighted by Crippen LogP contribution is 2.22. The third kappa shape index (κ3) is 5.22. The van der Waals surface area contributed by atoms with Crippen LogP contribution in [0.2, 0.25) is 0 Å². The van der Waals surface area contributed by atoms with E-state index in [2.05, 4.69) is 10.6 Å². The molecule has 3 N–H and O–H groups in total. The second-order valence-electron chi connectivity index (χ2n) is 5.59. The highest BCUT2D eigenvalue weighted by Gasteiger charge is 2.14. The number of hydrogen-bond acceptors (Lipinski definition) is 5. The van der Waals surface area contributed by atoms with Gasteiger partial charge in [0.15, 0.2) is 5.76 Å². The first-order valence-electron chi connectivity index (χ1n) is 7.36. The molecular weight excluding hydrogens is 316 g/mol. The zero-order valence-electron chi connectivity index (χ0n) is 13.0. The summed E-state index contributed by atoms with van der Waals surface area (Å²) in [5, 5.41) is 15.7. The SMILES string of the molecule is CC(C)CC(O)CNC(=O)c1ccc(NC(=O)c2ccco2)s1. The molecule has 2 aromatic rings. The fourth-order valence-electron chi connectivity index (χ4n) is 2.03. The number of thiophene rings is 1. The van der Waals surface area contributed by atoms with E-state index in [1.807, 2.05) is 13.8 Å². The van der Waals surface area contributed by atoms with Gasteiger partial charge in [-0.15, -0.1) is 11.3 Å². The van der Waals surface area contributed by atoms with Crippen LogP contribution in [0.1, 0.15) is 40.5 Å². The molecule has 2 heterocycles. The van der Waals surface area contributed by atoms with Crippen molar-refractivity contribution < 1.29 is 19.1 Å². The highest BCUT2D eigenvalue weighted by atomic mass is 32.1. The minimum atomic E-state index is -0.558. The Kier molecular flexibility index (Phi) is 5.95. The molecule has 0 bridgehead atoms. The van der Waals surface area contributed by atoms with Crippen molar-refractivity contribution in [2.45, 2.75) is 26.4 Å². The number of carbonyl (C=O) groups is 2. The van der Waals surface area contributed by atoms with Gasteiger partial charge in [-0.2, -0.15) is 0 Å². The molecule has 23 heavy (non-hydrogen) atoms. The summed E-state index contributed by atoms with van der Waals surface area (Å²) in [5.41, 5.74) is 0. The van der Waals surface area contributed by atoms with Crippen LogP contribution in [0.4, 0.5) is 5.00 Å². The molecule has 2 amide bonds. The lowest BCUT2D eigenvalue weighted by atomic mass is 10.1. The number of nitrogens with one attached hydrogen (secondary N) is 2. The van der Waals surface area contributed by atoms with Gasteiger partial charge in [-0.1, -0.05) is 13.8 Å². The summed E-state index contributed by atoms with van der Waals surface area (Å²) >= 11 is 1.16. The molecule has 0 saturated heterocycles. The van der Waals surface area contributed by atoms with Gasteiger partial charge in [0.1, 0.15) is 0 Å². The monoisotopic (exact) mass is 336 g/mol. The van der Waals surface area contributed by atoms with Crippen molar-refractivity contribution in [3.8, 4) is 0 Å². The summed E-state index contributed by atoms with van der Waals surface area (Å²) in [6.45, 7) is 4.24. The fourth-order valence-corrected chi connectivity index (χ4v) is 2.85. The van der Waals surface area contributed by atoms with Gasteiger partial charge in [0.2, 0.25) is 0 Å². The Bertz CT molecular complexity index is 649. The van der Waals surface area contributed by atoms with Gasteiger partial charge in [-0.05, 0) is 36.6 Å². The van der Waals surface area contributed by atoms with E-state index in [4.69, 9.17) is 4.42 Å². The van der Waals surface area contributed by atoms with Crippen LogP contribution in [0.25, 0.3) is 0 Å². The van der Waals surface area contributed by atoms with Gasteiger partial charge >= 0.3 is 0 Å². The zero-order chi connectivity index (χ0) is 16.8. The molecule has 0 aromatic carbocycles. The molecule has 0 spiro atoms. The number of rotatable bonds is 7. The molecule has 6 nitrogen and oxygen atoms in total. The number of furan rings is 1. The summed E-state index contributed by atoms with van der Waals surface area (Å²) in [6.07, 6.45) is 1.50. The Morgan fingerprint density at radius 2 is 2.04 bits per heavy atom. The molecule has 2 rings (SSSR count). The number of amides is 2. The average Bonchev–Trinajstić information content (AvgIpc) is 3.15. The first-order valence-corrected chi connectivity index (χ1v) is 8.18.